The SMILES string of the molecule is C=C(NNC(=O)c1cccc(Cl)c1)c1ccc(C)cc1C. The zero-order chi connectivity index (χ0) is 15.4. The van der Waals surface area contributed by atoms with Gasteiger partial charge in [-0.2, -0.15) is 0 Å². The van der Waals surface area contributed by atoms with Crippen LogP contribution in [0.2, 0.25) is 5.02 Å². The van der Waals surface area contributed by atoms with Crippen molar-refractivity contribution in [2.45, 2.75) is 13.8 Å². The first-order chi connectivity index (χ1) is 9.97. The molecule has 2 aromatic rings. The third kappa shape index (κ3) is 3.86. The second kappa shape index (κ2) is 6.46. The highest BCUT2D eigenvalue weighted by atomic mass is 35.5. The average Bonchev–Trinajstić information content (AvgIpc) is 2.44. The van der Waals surface area contributed by atoms with Crippen molar-refractivity contribution in [2.24, 2.45) is 0 Å². The number of hydrogen-bond acceptors (Lipinski definition) is 2. The normalized spacial score (nSPS) is 10.0. The highest BCUT2D eigenvalue weighted by molar-refractivity contribution is 6.30. The summed E-state index contributed by atoms with van der Waals surface area (Å²) in [5.41, 5.74) is 9.84. The highest BCUT2D eigenvalue weighted by Gasteiger charge is 2.07. The largest absolute Gasteiger partial charge is 0.298 e. The van der Waals surface area contributed by atoms with E-state index in [1.54, 1.807) is 24.3 Å². The number of amides is 1. The monoisotopic (exact) mass is 300 g/mol. The van der Waals surface area contributed by atoms with Crippen molar-refractivity contribution < 1.29 is 4.79 Å². The van der Waals surface area contributed by atoms with E-state index in [4.69, 9.17) is 11.6 Å². The van der Waals surface area contributed by atoms with Gasteiger partial charge >= 0.3 is 0 Å². The van der Waals surface area contributed by atoms with Crippen molar-refractivity contribution in [3.8, 4) is 0 Å². The van der Waals surface area contributed by atoms with Crippen LogP contribution in [-0.4, -0.2) is 5.91 Å². The molecule has 0 aromatic heterocycles. The smallest absolute Gasteiger partial charge is 0.269 e. The maximum Gasteiger partial charge on any atom is 0.269 e. The van der Waals surface area contributed by atoms with E-state index in [1.165, 1.54) is 5.56 Å². The molecule has 2 aromatic carbocycles. The van der Waals surface area contributed by atoms with Crippen LogP contribution in [0.3, 0.4) is 0 Å². The molecule has 0 heterocycles. The summed E-state index contributed by atoms with van der Waals surface area (Å²) in [5.74, 6) is -0.261. The first-order valence-corrected chi connectivity index (χ1v) is 6.93. The molecule has 0 fully saturated rings. The Morgan fingerprint density at radius 2 is 1.86 bits per heavy atom. The maximum atomic E-state index is 12.0. The summed E-state index contributed by atoms with van der Waals surface area (Å²) in [6, 6.07) is 12.8. The first kappa shape index (κ1) is 15.1. The van der Waals surface area contributed by atoms with E-state index in [1.807, 2.05) is 26.0 Å². The van der Waals surface area contributed by atoms with E-state index in [-0.39, 0.29) is 5.91 Å². The van der Waals surface area contributed by atoms with Crippen molar-refractivity contribution in [2.75, 3.05) is 0 Å². The molecular weight excluding hydrogens is 284 g/mol. The van der Waals surface area contributed by atoms with Gasteiger partial charge in [-0.1, -0.05) is 48.0 Å². The van der Waals surface area contributed by atoms with Gasteiger partial charge in [-0.25, -0.2) is 0 Å². The molecule has 0 atom stereocenters. The summed E-state index contributed by atoms with van der Waals surface area (Å²) in [5, 5.41) is 0.524. The van der Waals surface area contributed by atoms with Gasteiger partial charge in [-0.15, -0.1) is 0 Å². The van der Waals surface area contributed by atoms with E-state index in [2.05, 4.69) is 23.5 Å². The van der Waals surface area contributed by atoms with E-state index in [9.17, 15) is 4.79 Å². The van der Waals surface area contributed by atoms with Crippen LogP contribution in [0, 0.1) is 13.8 Å². The van der Waals surface area contributed by atoms with Gasteiger partial charge in [0.05, 0.1) is 5.70 Å². The van der Waals surface area contributed by atoms with Gasteiger partial charge in [-0.3, -0.25) is 15.6 Å². The lowest BCUT2D eigenvalue weighted by Gasteiger charge is -2.13. The summed E-state index contributed by atoms with van der Waals surface area (Å²) < 4.78 is 0. The van der Waals surface area contributed by atoms with Crippen molar-refractivity contribution in [3.05, 3.63) is 76.3 Å². The minimum Gasteiger partial charge on any atom is -0.298 e. The zero-order valence-corrected chi connectivity index (χ0v) is 12.8. The predicted octanol–water partition coefficient (Wildman–Crippen LogP) is 3.86. The molecule has 0 aliphatic rings. The van der Waals surface area contributed by atoms with Crippen LogP contribution in [0.5, 0.6) is 0 Å². The van der Waals surface area contributed by atoms with Gasteiger partial charge in [0, 0.05) is 16.1 Å². The Bertz CT molecular complexity index is 695. The summed E-state index contributed by atoms with van der Waals surface area (Å²) in [6.45, 7) is 7.99. The number of carbonyl (C=O) groups excluding carboxylic acids is 1. The summed E-state index contributed by atoms with van der Waals surface area (Å²) in [4.78, 5) is 12.0. The number of hydrazine groups is 1. The Kier molecular flexibility index (Phi) is 4.66. The van der Waals surface area contributed by atoms with Gasteiger partial charge in [0.15, 0.2) is 0 Å². The van der Waals surface area contributed by atoms with E-state index < -0.39 is 0 Å². The first-order valence-electron chi connectivity index (χ1n) is 6.56. The number of hydrogen-bond donors (Lipinski definition) is 2. The van der Waals surface area contributed by atoms with Gasteiger partial charge in [-0.05, 0) is 37.6 Å². The summed E-state index contributed by atoms with van der Waals surface area (Å²) >= 11 is 5.87. The summed E-state index contributed by atoms with van der Waals surface area (Å²) in [6.07, 6.45) is 0. The van der Waals surface area contributed by atoms with Crippen LogP contribution in [-0.2, 0) is 0 Å². The quantitative estimate of drug-likeness (QED) is 0.842. The number of benzene rings is 2. The third-order valence-corrected chi connectivity index (χ3v) is 3.36. The van der Waals surface area contributed by atoms with E-state index in [0.717, 1.165) is 11.1 Å². The van der Waals surface area contributed by atoms with Crippen LogP contribution >= 0.6 is 11.6 Å². The predicted molar refractivity (Wildman–Crippen MR) is 87.0 cm³/mol. The second-order valence-electron chi connectivity index (χ2n) is 4.89. The minimum absolute atomic E-state index is 0.261. The van der Waals surface area contributed by atoms with Crippen molar-refractivity contribution >= 4 is 23.2 Å². The molecule has 4 heteroatoms. The van der Waals surface area contributed by atoms with Crippen LogP contribution in [0.15, 0.2) is 49.0 Å². The lowest BCUT2D eigenvalue weighted by molar-refractivity contribution is 0.0942. The Morgan fingerprint density at radius 3 is 2.52 bits per heavy atom. The number of rotatable bonds is 4. The van der Waals surface area contributed by atoms with E-state index >= 15 is 0 Å². The van der Waals surface area contributed by atoms with Gasteiger partial charge in [0.1, 0.15) is 0 Å². The van der Waals surface area contributed by atoms with Crippen LogP contribution in [0.4, 0.5) is 0 Å². The molecule has 0 aliphatic carbocycles. The third-order valence-electron chi connectivity index (χ3n) is 3.12. The second-order valence-corrected chi connectivity index (χ2v) is 5.32. The molecule has 0 saturated heterocycles. The molecule has 0 unspecified atom stereocenters. The topological polar surface area (TPSA) is 41.1 Å². The molecule has 0 aliphatic heterocycles. The average molecular weight is 301 g/mol. The minimum atomic E-state index is -0.261. The molecule has 0 spiro atoms. The maximum absolute atomic E-state index is 12.0. The molecule has 2 rings (SSSR count). The number of nitrogens with one attached hydrogen (secondary N) is 2. The molecule has 0 bridgehead atoms. The number of aryl methyl sites for hydroxylation is 2. The van der Waals surface area contributed by atoms with Gasteiger partial charge in [0.2, 0.25) is 0 Å². The molecule has 3 nitrogen and oxygen atoms in total. The van der Waals surface area contributed by atoms with Crippen molar-refractivity contribution in [1.82, 2.24) is 10.9 Å². The fraction of sp³-hybridized carbons (Fsp3) is 0.118. The van der Waals surface area contributed by atoms with Crippen LogP contribution in [0.25, 0.3) is 5.70 Å². The fourth-order valence-corrected chi connectivity index (χ4v) is 2.24. The Balaban J connectivity index is 2.02. The van der Waals surface area contributed by atoms with Crippen molar-refractivity contribution in [1.29, 1.82) is 0 Å². The lowest BCUT2D eigenvalue weighted by atomic mass is 10.0. The molecule has 21 heavy (non-hydrogen) atoms. The summed E-state index contributed by atoms with van der Waals surface area (Å²) in [7, 11) is 0. The van der Waals surface area contributed by atoms with Crippen LogP contribution < -0.4 is 10.9 Å². The fourth-order valence-electron chi connectivity index (χ4n) is 2.05. The lowest BCUT2D eigenvalue weighted by Crippen LogP contribution is -2.36. The Morgan fingerprint density at radius 1 is 1.10 bits per heavy atom. The number of carbonyl (C=O) groups is 1. The molecule has 2 N–H and O–H groups in total. The molecule has 1 amide bonds. The zero-order valence-electron chi connectivity index (χ0n) is 12.0. The molecule has 0 saturated carbocycles. The molecule has 0 radical (unpaired) electrons. The Labute approximate surface area is 129 Å². The van der Waals surface area contributed by atoms with Crippen molar-refractivity contribution in [3.63, 3.8) is 0 Å². The Hall–Kier alpha value is -2.26. The van der Waals surface area contributed by atoms with Gasteiger partial charge in [0.25, 0.3) is 5.91 Å². The van der Waals surface area contributed by atoms with Gasteiger partial charge < -0.3 is 0 Å². The standard InChI is InChI=1S/C17H17ClN2O/c1-11-7-8-16(12(2)9-11)13(3)19-20-17(21)14-5-4-6-15(18)10-14/h4-10,19H,3H2,1-2H3,(H,20,21). The number of halogens is 1. The van der Waals surface area contributed by atoms with Crippen LogP contribution in [0.1, 0.15) is 27.0 Å². The molecule has 108 valence electrons. The highest BCUT2D eigenvalue weighted by Crippen LogP contribution is 2.16. The molecular formula is C17H17ClN2O. The van der Waals surface area contributed by atoms with E-state index in [0.29, 0.717) is 16.3 Å².